The van der Waals surface area contributed by atoms with Crippen molar-refractivity contribution in [1.29, 1.82) is 0 Å². The van der Waals surface area contributed by atoms with Gasteiger partial charge in [0.05, 0.1) is 18.6 Å². The number of nitrogens with zero attached hydrogens (tertiary/aromatic N) is 2. The fourth-order valence-electron chi connectivity index (χ4n) is 2.79. The van der Waals surface area contributed by atoms with Gasteiger partial charge in [-0.2, -0.15) is 0 Å². The summed E-state index contributed by atoms with van der Waals surface area (Å²) in [6.07, 6.45) is 5.78. The minimum atomic E-state index is 0.0394. The molecule has 0 unspecified atom stereocenters. The van der Waals surface area contributed by atoms with Crippen LogP contribution in [0.4, 0.5) is 0 Å². The van der Waals surface area contributed by atoms with Crippen molar-refractivity contribution in [2.45, 2.75) is 11.9 Å². The van der Waals surface area contributed by atoms with Gasteiger partial charge in [0.15, 0.2) is 0 Å². The molecule has 0 radical (unpaired) electrons. The topological polar surface area (TPSA) is 38.4 Å². The minimum Gasteiger partial charge on any atom is -0.467 e. The minimum absolute atomic E-state index is 0.0394. The summed E-state index contributed by atoms with van der Waals surface area (Å²) >= 11 is 1.66. The molecule has 4 nitrogen and oxygen atoms in total. The number of hydrogen-bond acceptors (Lipinski definition) is 3. The quantitative estimate of drug-likeness (QED) is 0.732. The first kappa shape index (κ1) is 14.2. The zero-order chi connectivity index (χ0) is 15.6. The third-order valence-electron chi connectivity index (χ3n) is 3.93. The smallest absolute Gasteiger partial charge is 0.234 e. The number of benzene rings is 1. The Kier molecular flexibility index (Phi) is 3.71. The lowest BCUT2D eigenvalue weighted by Crippen LogP contribution is -2.27. The second kappa shape index (κ2) is 6.01. The number of furan rings is 1. The second-order valence-electron chi connectivity index (χ2n) is 5.45. The molecular formula is C18H16N2O2S. The molecule has 0 N–H and O–H groups in total. The van der Waals surface area contributed by atoms with Crippen molar-refractivity contribution in [3.63, 3.8) is 0 Å². The van der Waals surface area contributed by atoms with E-state index in [1.165, 1.54) is 0 Å². The number of thioether (sulfide) groups is 1. The van der Waals surface area contributed by atoms with Crippen molar-refractivity contribution in [3.8, 4) is 5.69 Å². The van der Waals surface area contributed by atoms with Crippen LogP contribution >= 0.6 is 11.8 Å². The summed E-state index contributed by atoms with van der Waals surface area (Å²) in [5, 5.41) is 0.0394. The van der Waals surface area contributed by atoms with Crippen molar-refractivity contribution < 1.29 is 9.21 Å². The van der Waals surface area contributed by atoms with E-state index in [0.29, 0.717) is 12.3 Å². The molecule has 0 aliphatic carbocycles. The van der Waals surface area contributed by atoms with Gasteiger partial charge in [0.25, 0.3) is 0 Å². The summed E-state index contributed by atoms with van der Waals surface area (Å²) in [6.45, 7) is 0.514. The Morgan fingerprint density at radius 3 is 2.78 bits per heavy atom. The van der Waals surface area contributed by atoms with Crippen LogP contribution in [-0.2, 0) is 11.3 Å². The molecule has 23 heavy (non-hydrogen) atoms. The van der Waals surface area contributed by atoms with E-state index in [2.05, 4.69) is 29.0 Å². The first-order valence-corrected chi connectivity index (χ1v) is 8.53. The first-order valence-electron chi connectivity index (χ1n) is 7.48. The molecule has 2 aromatic heterocycles. The van der Waals surface area contributed by atoms with E-state index in [-0.39, 0.29) is 11.3 Å². The molecule has 0 saturated carbocycles. The van der Waals surface area contributed by atoms with Gasteiger partial charge in [0, 0.05) is 23.6 Å². The molecule has 3 heterocycles. The van der Waals surface area contributed by atoms with Gasteiger partial charge in [-0.3, -0.25) is 4.79 Å². The third-order valence-corrected chi connectivity index (χ3v) is 5.19. The number of aromatic nitrogens is 1. The monoisotopic (exact) mass is 324 g/mol. The molecule has 5 heteroatoms. The van der Waals surface area contributed by atoms with Crippen LogP contribution < -0.4 is 0 Å². The highest BCUT2D eigenvalue weighted by molar-refractivity contribution is 8.00. The molecule has 116 valence electrons. The molecule has 1 fully saturated rings. The largest absolute Gasteiger partial charge is 0.467 e. The van der Waals surface area contributed by atoms with Crippen LogP contribution in [-0.4, -0.2) is 21.1 Å². The number of carbonyl (C=O) groups excluding carboxylic acids is 1. The molecular weight excluding hydrogens is 308 g/mol. The maximum absolute atomic E-state index is 12.2. The lowest BCUT2D eigenvalue weighted by atomic mass is 10.3. The SMILES string of the molecule is O=C1CS[C@@H](c2ccn(-c3ccccc3)c2)N1Cc1ccco1. The highest BCUT2D eigenvalue weighted by atomic mass is 32.2. The Morgan fingerprint density at radius 1 is 1.13 bits per heavy atom. The Bertz CT molecular complexity index is 796. The second-order valence-corrected chi connectivity index (χ2v) is 6.52. The lowest BCUT2D eigenvalue weighted by molar-refractivity contribution is -0.128. The van der Waals surface area contributed by atoms with E-state index >= 15 is 0 Å². The van der Waals surface area contributed by atoms with Crippen molar-refractivity contribution in [1.82, 2.24) is 9.47 Å². The molecule has 1 aromatic carbocycles. The van der Waals surface area contributed by atoms with E-state index in [0.717, 1.165) is 17.0 Å². The van der Waals surface area contributed by atoms with Crippen LogP contribution in [0.2, 0.25) is 0 Å². The molecule has 1 amide bonds. The molecule has 1 aliphatic heterocycles. The molecule has 0 spiro atoms. The van der Waals surface area contributed by atoms with Gasteiger partial charge < -0.3 is 13.9 Å². The molecule has 4 rings (SSSR count). The van der Waals surface area contributed by atoms with E-state index in [4.69, 9.17) is 4.42 Å². The molecule has 0 bridgehead atoms. The van der Waals surface area contributed by atoms with Crippen molar-refractivity contribution in [3.05, 3.63) is 78.5 Å². The highest BCUT2D eigenvalue weighted by Gasteiger charge is 2.33. The zero-order valence-corrected chi connectivity index (χ0v) is 13.3. The summed E-state index contributed by atoms with van der Waals surface area (Å²) in [5.74, 6) is 1.49. The number of amides is 1. The average Bonchev–Trinajstić information content (AvgIpc) is 3.31. The third kappa shape index (κ3) is 2.80. The maximum atomic E-state index is 12.2. The molecule has 1 saturated heterocycles. The predicted octanol–water partition coefficient (Wildman–Crippen LogP) is 3.84. The van der Waals surface area contributed by atoms with Crippen molar-refractivity contribution >= 4 is 17.7 Å². The molecule has 1 aliphatic rings. The van der Waals surface area contributed by atoms with Crippen LogP contribution in [0.3, 0.4) is 0 Å². The maximum Gasteiger partial charge on any atom is 0.234 e. The Balaban J connectivity index is 1.59. The van der Waals surface area contributed by atoms with Crippen LogP contribution in [0.15, 0.2) is 71.6 Å². The highest BCUT2D eigenvalue weighted by Crippen LogP contribution is 2.39. The van der Waals surface area contributed by atoms with E-state index in [1.807, 2.05) is 41.4 Å². The van der Waals surface area contributed by atoms with Gasteiger partial charge in [-0.15, -0.1) is 11.8 Å². The predicted molar refractivity (Wildman–Crippen MR) is 90.2 cm³/mol. The van der Waals surface area contributed by atoms with Gasteiger partial charge in [0.1, 0.15) is 11.1 Å². The number of carbonyl (C=O) groups is 1. The van der Waals surface area contributed by atoms with Crippen LogP contribution in [0.25, 0.3) is 5.69 Å². The number of para-hydroxylation sites is 1. The van der Waals surface area contributed by atoms with E-state index in [9.17, 15) is 4.79 Å². The summed E-state index contributed by atoms with van der Waals surface area (Å²) in [6, 6.07) is 16.0. The fraction of sp³-hybridized carbons (Fsp3) is 0.167. The van der Waals surface area contributed by atoms with Crippen LogP contribution in [0.1, 0.15) is 16.7 Å². The van der Waals surface area contributed by atoms with Gasteiger partial charge in [0.2, 0.25) is 5.91 Å². The number of hydrogen-bond donors (Lipinski definition) is 0. The molecule has 1 atom stereocenters. The number of rotatable bonds is 4. The Hall–Kier alpha value is -2.40. The van der Waals surface area contributed by atoms with Crippen molar-refractivity contribution in [2.24, 2.45) is 0 Å². The normalized spacial score (nSPS) is 17.8. The van der Waals surface area contributed by atoms with Gasteiger partial charge >= 0.3 is 0 Å². The Labute approximate surface area is 138 Å². The van der Waals surface area contributed by atoms with E-state index in [1.54, 1.807) is 18.0 Å². The van der Waals surface area contributed by atoms with Crippen LogP contribution in [0.5, 0.6) is 0 Å². The average molecular weight is 324 g/mol. The first-order chi connectivity index (χ1) is 11.3. The van der Waals surface area contributed by atoms with Gasteiger partial charge in [-0.05, 0) is 30.3 Å². The van der Waals surface area contributed by atoms with Crippen LogP contribution in [0, 0.1) is 0 Å². The van der Waals surface area contributed by atoms with Crippen molar-refractivity contribution in [2.75, 3.05) is 5.75 Å². The summed E-state index contributed by atoms with van der Waals surface area (Å²) in [4.78, 5) is 14.1. The fourth-order valence-corrected chi connectivity index (χ4v) is 3.96. The standard InChI is InChI=1S/C18H16N2O2S/c21-17-13-23-18(20(17)12-16-7-4-10-22-16)14-8-9-19(11-14)15-5-2-1-3-6-15/h1-11,18H,12-13H2/t18-/m0/s1. The van der Waals surface area contributed by atoms with Gasteiger partial charge in [-0.1, -0.05) is 18.2 Å². The van der Waals surface area contributed by atoms with E-state index < -0.39 is 0 Å². The summed E-state index contributed by atoms with van der Waals surface area (Å²) in [7, 11) is 0. The summed E-state index contributed by atoms with van der Waals surface area (Å²) < 4.78 is 7.48. The lowest BCUT2D eigenvalue weighted by Gasteiger charge is -2.22. The van der Waals surface area contributed by atoms with Gasteiger partial charge in [-0.25, -0.2) is 0 Å². The zero-order valence-electron chi connectivity index (χ0n) is 12.5. The summed E-state index contributed by atoms with van der Waals surface area (Å²) in [5.41, 5.74) is 2.25. The Morgan fingerprint density at radius 2 is 2.00 bits per heavy atom. The molecule has 3 aromatic rings.